The van der Waals surface area contributed by atoms with E-state index in [1.807, 2.05) is 11.8 Å². The standard InChI is InChI=1S/C14H28N2S/c1-5-7-8-13(6-2)10-15-14-16-11(3)9-12(4)17-14/h11-13H,5-10H2,1-4H3,(H,15,16). The highest BCUT2D eigenvalue weighted by molar-refractivity contribution is 8.14. The quantitative estimate of drug-likeness (QED) is 0.775. The summed E-state index contributed by atoms with van der Waals surface area (Å²) >= 11 is 1.91. The minimum Gasteiger partial charge on any atom is -0.362 e. The van der Waals surface area contributed by atoms with Gasteiger partial charge < -0.3 is 5.32 Å². The zero-order valence-electron chi connectivity index (χ0n) is 11.8. The molecule has 0 aromatic heterocycles. The molecule has 3 heteroatoms. The van der Waals surface area contributed by atoms with E-state index in [9.17, 15) is 0 Å². The number of amidine groups is 1. The fraction of sp³-hybridized carbons (Fsp3) is 0.929. The molecule has 1 saturated heterocycles. The van der Waals surface area contributed by atoms with Crippen molar-refractivity contribution < 1.29 is 0 Å². The van der Waals surface area contributed by atoms with Crippen molar-refractivity contribution >= 4 is 16.9 Å². The lowest BCUT2D eigenvalue weighted by molar-refractivity contribution is 0.461. The lowest BCUT2D eigenvalue weighted by Gasteiger charge is -2.27. The minimum absolute atomic E-state index is 0.584. The molecule has 1 N–H and O–H groups in total. The first-order chi connectivity index (χ1) is 8.15. The van der Waals surface area contributed by atoms with E-state index in [1.54, 1.807) is 0 Å². The summed E-state index contributed by atoms with van der Waals surface area (Å²) in [6.45, 7) is 10.1. The molecule has 1 heterocycles. The molecule has 0 saturated carbocycles. The van der Waals surface area contributed by atoms with Crippen molar-refractivity contribution in [1.82, 2.24) is 5.32 Å². The van der Waals surface area contributed by atoms with Crippen LogP contribution in [0, 0.1) is 5.92 Å². The van der Waals surface area contributed by atoms with Gasteiger partial charge in [0.05, 0.1) is 0 Å². The first kappa shape index (κ1) is 14.9. The summed E-state index contributed by atoms with van der Waals surface area (Å²) in [4.78, 5) is 4.78. The number of thioether (sulfide) groups is 1. The Kier molecular flexibility index (Phi) is 7.02. The van der Waals surface area contributed by atoms with Gasteiger partial charge in [-0.1, -0.05) is 51.8 Å². The minimum atomic E-state index is 0.584. The van der Waals surface area contributed by atoms with Crippen molar-refractivity contribution in [3.8, 4) is 0 Å². The molecule has 1 rings (SSSR count). The van der Waals surface area contributed by atoms with Gasteiger partial charge in [0.2, 0.25) is 0 Å². The topological polar surface area (TPSA) is 24.4 Å². The van der Waals surface area contributed by atoms with E-state index >= 15 is 0 Å². The van der Waals surface area contributed by atoms with Gasteiger partial charge in [0.1, 0.15) is 0 Å². The summed E-state index contributed by atoms with van der Waals surface area (Å²) in [6, 6.07) is 0.584. The molecule has 100 valence electrons. The van der Waals surface area contributed by atoms with Crippen LogP contribution in [-0.4, -0.2) is 23.0 Å². The van der Waals surface area contributed by atoms with E-state index in [2.05, 4.69) is 33.0 Å². The fourth-order valence-electron chi connectivity index (χ4n) is 2.25. The molecular weight excluding hydrogens is 228 g/mol. The van der Waals surface area contributed by atoms with Crippen molar-refractivity contribution in [2.75, 3.05) is 6.54 Å². The van der Waals surface area contributed by atoms with Crippen LogP contribution in [0.4, 0.5) is 0 Å². The van der Waals surface area contributed by atoms with E-state index in [1.165, 1.54) is 37.3 Å². The molecule has 1 fully saturated rings. The zero-order chi connectivity index (χ0) is 12.7. The summed E-state index contributed by atoms with van der Waals surface area (Å²) in [5.41, 5.74) is 0. The van der Waals surface area contributed by atoms with Gasteiger partial charge in [0, 0.05) is 17.8 Å². The SMILES string of the molecule is CCCCC(CC)CN=C1NC(C)CC(C)S1. The van der Waals surface area contributed by atoms with Crippen molar-refractivity contribution in [2.24, 2.45) is 10.9 Å². The lowest BCUT2D eigenvalue weighted by atomic mass is 10.00. The fourth-order valence-corrected chi connectivity index (χ4v) is 3.44. The van der Waals surface area contributed by atoms with Crippen molar-refractivity contribution in [1.29, 1.82) is 0 Å². The van der Waals surface area contributed by atoms with Crippen LogP contribution in [0.1, 0.15) is 59.8 Å². The maximum Gasteiger partial charge on any atom is 0.157 e. The molecule has 0 amide bonds. The molecule has 1 aliphatic rings. The van der Waals surface area contributed by atoms with Crippen LogP contribution in [0.2, 0.25) is 0 Å². The Balaban J connectivity index is 2.39. The Morgan fingerprint density at radius 3 is 2.76 bits per heavy atom. The molecular formula is C14H28N2S. The van der Waals surface area contributed by atoms with Gasteiger partial charge in [-0.25, -0.2) is 0 Å². The molecule has 0 bridgehead atoms. The Labute approximate surface area is 111 Å². The Morgan fingerprint density at radius 1 is 1.41 bits per heavy atom. The maximum atomic E-state index is 4.78. The first-order valence-electron chi connectivity index (χ1n) is 7.13. The van der Waals surface area contributed by atoms with Gasteiger partial charge in [0.25, 0.3) is 0 Å². The van der Waals surface area contributed by atoms with Gasteiger partial charge >= 0.3 is 0 Å². The average Bonchev–Trinajstić information content (AvgIpc) is 2.28. The Bertz CT molecular complexity index is 228. The average molecular weight is 256 g/mol. The highest BCUT2D eigenvalue weighted by Crippen LogP contribution is 2.23. The summed E-state index contributed by atoms with van der Waals surface area (Å²) in [7, 11) is 0. The number of unbranched alkanes of at least 4 members (excludes halogenated alkanes) is 1. The second-order valence-electron chi connectivity index (χ2n) is 5.27. The van der Waals surface area contributed by atoms with Gasteiger partial charge in [-0.3, -0.25) is 4.99 Å². The highest BCUT2D eigenvalue weighted by Gasteiger charge is 2.19. The van der Waals surface area contributed by atoms with Crippen molar-refractivity contribution in [2.45, 2.75) is 71.1 Å². The predicted octanol–water partition coefficient (Wildman–Crippen LogP) is 4.06. The van der Waals surface area contributed by atoms with Gasteiger partial charge in [0.15, 0.2) is 5.17 Å². The van der Waals surface area contributed by atoms with Crippen LogP contribution in [0.5, 0.6) is 0 Å². The largest absolute Gasteiger partial charge is 0.362 e. The van der Waals surface area contributed by atoms with Crippen molar-refractivity contribution in [3.63, 3.8) is 0 Å². The Morgan fingerprint density at radius 2 is 2.18 bits per heavy atom. The normalized spacial score (nSPS) is 29.1. The first-order valence-corrected chi connectivity index (χ1v) is 8.01. The van der Waals surface area contributed by atoms with Crippen LogP contribution < -0.4 is 5.32 Å². The number of nitrogens with zero attached hydrogens (tertiary/aromatic N) is 1. The summed E-state index contributed by atoms with van der Waals surface area (Å²) in [5.74, 6) is 0.775. The second kappa shape index (κ2) is 8.02. The van der Waals surface area contributed by atoms with Crippen LogP contribution in [0.25, 0.3) is 0 Å². The predicted molar refractivity (Wildman–Crippen MR) is 79.9 cm³/mol. The van der Waals surface area contributed by atoms with Crippen LogP contribution in [0.3, 0.4) is 0 Å². The van der Waals surface area contributed by atoms with E-state index in [0.29, 0.717) is 11.3 Å². The van der Waals surface area contributed by atoms with Crippen LogP contribution in [-0.2, 0) is 0 Å². The number of aliphatic imine (C=N–C) groups is 1. The van der Waals surface area contributed by atoms with Crippen molar-refractivity contribution in [3.05, 3.63) is 0 Å². The number of rotatable bonds is 6. The molecule has 2 nitrogen and oxygen atoms in total. The third-order valence-corrected chi connectivity index (χ3v) is 4.47. The lowest BCUT2D eigenvalue weighted by Crippen LogP contribution is -2.38. The second-order valence-corrected chi connectivity index (χ2v) is 6.70. The summed E-state index contributed by atoms with van der Waals surface area (Å²) < 4.78 is 0. The van der Waals surface area contributed by atoms with Gasteiger partial charge in [-0.2, -0.15) is 0 Å². The van der Waals surface area contributed by atoms with E-state index in [4.69, 9.17) is 4.99 Å². The zero-order valence-corrected chi connectivity index (χ0v) is 12.6. The van der Waals surface area contributed by atoms with E-state index in [0.717, 1.165) is 12.5 Å². The van der Waals surface area contributed by atoms with E-state index < -0.39 is 0 Å². The molecule has 0 radical (unpaired) electrons. The number of hydrogen-bond acceptors (Lipinski definition) is 2. The molecule has 17 heavy (non-hydrogen) atoms. The molecule has 0 aromatic carbocycles. The number of hydrogen-bond donors (Lipinski definition) is 1. The molecule has 3 unspecified atom stereocenters. The smallest absolute Gasteiger partial charge is 0.157 e. The van der Waals surface area contributed by atoms with Gasteiger partial charge in [-0.15, -0.1) is 0 Å². The molecule has 0 aliphatic carbocycles. The summed E-state index contributed by atoms with van der Waals surface area (Å²) in [5, 5.41) is 5.38. The van der Waals surface area contributed by atoms with Crippen LogP contribution >= 0.6 is 11.8 Å². The Hall–Kier alpha value is -0.180. The highest BCUT2D eigenvalue weighted by atomic mass is 32.2. The van der Waals surface area contributed by atoms with E-state index in [-0.39, 0.29) is 0 Å². The molecule has 3 atom stereocenters. The van der Waals surface area contributed by atoms with Gasteiger partial charge in [-0.05, 0) is 25.7 Å². The molecule has 1 aliphatic heterocycles. The monoisotopic (exact) mass is 256 g/mol. The maximum absolute atomic E-state index is 4.78. The molecule has 0 spiro atoms. The molecule has 0 aromatic rings. The van der Waals surface area contributed by atoms with Crippen LogP contribution in [0.15, 0.2) is 4.99 Å². The number of nitrogens with one attached hydrogen (secondary N) is 1. The third-order valence-electron chi connectivity index (χ3n) is 3.40. The summed E-state index contributed by atoms with van der Waals surface area (Å²) in [6.07, 6.45) is 6.48. The third kappa shape index (κ3) is 5.80.